The average molecular weight is 350 g/mol. The molecule has 1 amide bonds. The van der Waals surface area contributed by atoms with E-state index in [1.54, 1.807) is 6.92 Å². The van der Waals surface area contributed by atoms with Crippen LogP contribution in [0.3, 0.4) is 0 Å². The fourth-order valence-electron chi connectivity index (χ4n) is 1.96. The highest BCUT2D eigenvalue weighted by Crippen LogP contribution is 2.15. The normalized spacial score (nSPS) is 12.6. The van der Waals surface area contributed by atoms with Crippen molar-refractivity contribution in [3.63, 3.8) is 0 Å². The van der Waals surface area contributed by atoms with Gasteiger partial charge in [0.15, 0.2) is 0 Å². The van der Waals surface area contributed by atoms with Crippen molar-refractivity contribution < 1.29 is 17.6 Å². The lowest BCUT2D eigenvalue weighted by molar-refractivity contribution is 0.102. The van der Waals surface area contributed by atoms with Gasteiger partial charge in [-0.3, -0.25) is 4.79 Å². The number of amides is 1. The first-order chi connectivity index (χ1) is 11.3. The Bertz CT molecular complexity index is 820. The molecule has 0 bridgehead atoms. The third kappa shape index (κ3) is 4.62. The number of rotatable bonds is 6. The Kier molecular flexibility index (Phi) is 5.69. The zero-order valence-electron chi connectivity index (χ0n) is 13.4. The molecule has 0 radical (unpaired) electrons. The minimum atomic E-state index is -3.69. The summed E-state index contributed by atoms with van der Waals surface area (Å²) < 4.78 is 40.0. The monoisotopic (exact) mass is 350 g/mol. The van der Waals surface area contributed by atoms with Crippen LogP contribution in [0.1, 0.15) is 30.6 Å². The fraction of sp³-hybridized carbons (Fsp3) is 0.235. The van der Waals surface area contributed by atoms with Crippen LogP contribution in [0.2, 0.25) is 0 Å². The highest BCUT2D eigenvalue weighted by Gasteiger charge is 2.18. The quantitative estimate of drug-likeness (QED) is 0.840. The maximum atomic E-state index is 12.9. The lowest BCUT2D eigenvalue weighted by Crippen LogP contribution is -2.32. The number of carbonyl (C=O) groups is 1. The molecule has 0 fully saturated rings. The number of sulfonamides is 1. The summed E-state index contributed by atoms with van der Waals surface area (Å²) in [6.07, 6.45) is 0.657. The summed E-state index contributed by atoms with van der Waals surface area (Å²) in [5, 5.41) is 2.60. The molecule has 2 aromatic carbocycles. The molecule has 5 nitrogen and oxygen atoms in total. The molecular weight excluding hydrogens is 331 g/mol. The molecule has 2 rings (SSSR count). The Balaban J connectivity index is 2.20. The van der Waals surface area contributed by atoms with Crippen LogP contribution in [-0.4, -0.2) is 20.4 Å². The van der Waals surface area contributed by atoms with E-state index in [1.165, 1.54) is 48.5 Å². The van der Waals surface area contributed by atoms with Crippen molar-refractivity contribution in [3.8, 4) is 0 Å². The lowest BCUT2D eigenvalue weighted by atomic mass is 10.2. The summed E-state index contributed by atoms with van der Waals surface area (Å²) in [7, 11) is -3.69. The van der Waals surface area contributed by atoms with Gasteiger partial charge in [-0.25, -0.2) is 17.5 Å². The molecule has 0 aliphatic rings. The summed E-state index contributed by atoms with van der Waals surface area (Å²) in [4.78, 5) is 12.3. The molecule has 0 saturated carbocycles. The van der Waals surface area contributed by atoms with Gasteiger partial charge in [0.25, 0.3) is 5.91 Å². The van der Waals surface area contributed by atoms with Crippen molar-refractivity contribution in [2.75, 3.05) is 5.32 Å². The Morgan fingerprint density at radius 2 is 1.83 bits per heavy atom. The maximum absolute atomic E-state index is 12.9. The standard InChI is InChI=1S/C17H19FN2O3S/c1-3-12(2)20-24(22,23)16-6-4-5-13(11-16)17(21)19-15-9-7-14(18)8-10-15/h4-12,20H,3H2,1-2H3,(H,19,21)/t12-/m1/s1. The van der Waals surface area contributed by atoms with Gasteiger partial charge in [0.2, 0.25) is 10.0 Å². The van der Waals surface area contributed by atoms with Crippen LogP contribution in [0.4, 0.5) is 10.1 Å². The number of anilines is 1. The third-order valence-electron chi connectivity index (χ3n) is 3.48. The van der Waals surface area contributed by atoms with E-state index in [2.05, 4.69) is 10.0 Å². The Hall–Kier alpha value is -2.25. The third-order valence-corrected chi connectivity index (χ3v) is 5.06. The van der Waals surface area contributed by atoms with Crippen molar-refractivity contribution in [1.29, 1.82) is 0 Å². The second kappa shape index (κ2) is 7.55. The van der Waals surface area contributed by atoms with Crippen LogP contribution >= 0.6 is 0 Å². The molecule has 1 atom stereocenters. The molecule has 0 saturated heterocycles. The fourth-order valence-corrected chi connectivity index (χ4v) is 3.33. The summed E-state index contributed by atoms with van der Waals surface area (Å²) in [6.45, 7) is 3.64. The van der Waals surface area contributed by atoms with Crippen LogP contribution in [0, 0.1) is 5.82 Å². The summed E-state index contributed by atoms with van der Waals surface area (Å²) in [5.41, 5.74) is 0.624. The zero-order chi connectivity index (χ0) is 17.7. The van der Waals surface area contributed by atoms with Gasteiger partial charge in [-0.15, -0.1) is 0 Å². The van der Waals surface area contributed by atoms with Crippen LogP contribution in [-0.2, 0) is 10.0 Å². The first-order valence-corrected chi connectivity index (χ1v) is 8.99. The largest absolute Gasteiger partial charge is 0.322 e. The van der Waals surface area contributed by atoms with Gasteiger partial charge in [0.05, 0.1) is 4.90 Å². The number of benzene rings is 2. The van der Waals surface area contributed by atoms with E-state index < -0.39 is 21.7 Å². The van der Waals surface area contributed by atoms with E-state index in [9.17, 15) is 17.6 Å². The van der Waals surface area contributed by atoms with E-state index in [0.29, 0.717) is 12.1 Å². The number of hydrogen-bond acceptors (Lipinski definition) is 3. The van der Waals surface area contributed by atoms with Gasteiger partial charge in [-0.1, -0.05) is 13.0 Å². The van der Waals surface area contributed by atoms with E-state index in [4.69, 9.17) is 0 Å². The second-order valence-electron chi connectivity index (χ2n) is 5.42. The molecule has 0 spiro atoms. The van der Waals surface area contributed by atoms with Crippen molar-refractivity contribution in [2.24, 2.45) is 0 Å². The zero-order valence-corrected chi connectivity index (χ0v) is 14.2. The highest BCUT2D eigenvalue weighted by atomic mass is 32.2. The van der Waals surface area contributed by atoms with Crippen LogP contribution in [0.25, 0.3) is 0 Å². The van der Waals surface area contributed by atoms with E-state index in [0.717, 1.165) is 0 Å². The van der Waals surface area contributed by atoms with Crippen LogP contribution in [0.5, 0.6) is 0 Å². The Morgan fingerprint density at radius 1 is 1.17 bits per heavy atom. The van der Waals surface area contributed by atoms with Gasteiger partial charge < -0.3 is 5.32 Å². The molecule has 0 heterocycles. The number of halogens is 1. The van der Waals surface area contributed by atoms with Gasteiger partial charge in [-0.05, 0) is 55.8 Å². The topological polar surface area (TPSA) is 75.3 Å². The first-order valence-electron chi connectivity index (χ1n) is 7.51. The first kappa shape index (κ1) is 18.1. The average Bonchev–Trinajstić information content (AvgIpc) is 2.56. The predicted octanol–water partition coefficient (Wildman–Crippen LogP) is 3.15. The molecule has 24 heavy (non-hydrogen) atoms. The number of carbonyl (C=O) groups excluding carboxylic acids is 1. The van der Waals surface area contributed by atoms with Crippen molar-refractivity contribution in [3.05, 3.63) is 59.9 Å². The van der Waals surface area contributed by atoms with E-state index >= 15 is 0 Å². The van der Waals surface area contributed by atoms with Gasteiger partial charge in [-0.2, -0.15) is 0 Å². The minimum Gasteiger partial charge on any atom is -0.322 e. The Morgan fingerprint density at radius 3 is 2.46 bits per heavy atom. The van der Waals surface area contributed by atoms with Crippen LogP contribution in [0.15, 0.2) is 53.4 Å². The van der Waals surface area contributed by atoms with Crippen molar-refractivity contribution >= 4 is 21.6 Å². The number of hydrogen-bond donors (Lipinski definition) is 2. The maximum Gasteiger partial charge on any atom is 0.255 e. The Labute approximate surface area is 141 Å². The molecule has 0 aromatic heterocycles. The van der Waals surface area contributed by atoms with Gasteiger partial charge in [0.1, 0.15) is 5.82 Å². The minimum absolute atomic E-state index is 0.0227. The molecule has 0 unspecified atom stereocenters. The predicted molar refractivity (Wildman–Crippen MR) is 90.9 cm³/mol. The molecule has 0 aliphatic heterocycles. The van der Waals surface area contributed by atoms with E-state index in [1.807, 2.05) is 6.92 Å². The van der Waals surface area contributed by atoms with Gasteiger partial charge in [0, 0.05) is 17.3 Å². The highest BCUT2D eigenvalue weighted by molar-refractivity contribution is 7.89. The SMILES string of the molecule is CC[C@@H](C)NS(=O)(=O)c1cccc(C(=O)Nc2ccc(F)cc2)c1. The van der Waals surface area contributed by atoms with Crippen LogP contribution < -0.4 is 10.0 Å². The smallest absolute Gasteiger partial charge is 0.255 e. The molecule has 7 heteroatoms. The summed E-state index contributed by atoms with van der Waals surface area (Å²) in [6, 6.07) is 10.9. The molecule has 2 N–H and O–H groups in total. The van der Waals surface area contributed by atoms with Crippen molar-refractivity contribution in [2.45, 2.75) is 31.2 Å². The second-order valence-corrected chi connectivity index (χ2v) is 7.13. The summed E-state index contributed by atoms with van der Waals surface area (Å²) in [5.74, 6) is -0.876. The molecular formula is C17H19FN2O3S. The molecule has 2 aromatic rings. The van der Waals surface area contributed by atoms with Crippen molar-refractivity contribution in [1.82, 2.24) is 4.72 Å². The number of nitrogens with one attached hydrogen (secondary N) is 2. The molecule has 128 valence electrons. The lowest BCUT2D eigenvalue weighted by Gasteiger charge is -2.13. The van der Waals surface area contributed by atoms with E-state index in [-0.39, 0.29) is 16.5 Å². The molecule has 0 aliphatic carbocycles. The van der Waals surface area contributed by atoms with Gasteiger partial charge >= 0.3 is 0 Å². The summed E-state index contributed by atoms with van der Waals surface area (Å²) >= 11 is 0.